The van der Waals surface area contributed by atoms with Crippen LogP contribution in [0.4, 0.5) is 5.13 Å². The van der Waals surface area contributed by atoms with E-state index in [0.717, 1.165) is 10.0 Å². The van der Waals surface area contributed by atoms with Gasteiger partial charge in [-0.3, -0.25) is 14.9 Å². The summed E-state index contributed by atoms with van der Waals surface area (Å²) >= 11 is 5.85. The first-order chi connectivity index (χ1) is 13.1. The predicted octanol–water partition coefficient (Wildman–Crippen LogP) is 3.96. The van der Waals surface area contributed by atoms with E-state index in [1.54, 1.807) is 24.3 Å². The quantitative estimate of drug-likeness (QED) is 0.410. The number of hydrogen-bond acceptors (Lipinski definition) is 6. The van der Waals surface area contributed by atoms with Gasteiger partial charge in [0.15, 0.2) is 4.34 Å². The van der Waals surface area contributed by atoms with Crippen molar-refractivity contribution >= 4 is 56.0 Å². The van der Waals surface area contributed by atoms with Crippen LogP contribution in [0.25, 0.3) is 0 Å². The van der Waals surface area contributed by atoms with Gasteiger partial charge in [-0.25, -0.2) is 0 Å². The number of amides is 2. The molecular weight excluding hydrogens is 448 g/mol. The van der Waals surface area contributed by atoms with Crippen molar-refractivity contribution < 1.29 is 9.59 Å². The van der Waals surface area contributed by atoms with Gasteiger partial charge in [-0.1, -0.05) is 69.4 Å². The molecule has 3 aromatic rings. The molecular formula is C18H15BrN4O2S2. The van der Waals surface area contributed by atoms with Crippen LogP contribution in [0.1, 0.15) is 15.9 Å². The zero-order chi connectivity index (χ0) is 19.1. The van der Waals surface area contributed by atoms with E-state index in [4.69, 9.17) is 0 Å². The van der Waals surface area contributed by atoms with Crippen LogP contribution in [-0.2, 0) is 11.3 Å². The summed E-state index contributed by atoms with van der Waals surface area (Å²) in [6, 6.07) is 16.7. The summed E-state index contributed by atoms with van der Waals surface area (Å²) in [5, 5.41) is 13.9. The first kappa shape index (κ1) is 19.5. The molecule has 0 radical (unpaired) electrons. The van der Waals surface area contributed by atoms with Crippen LogP contribution in [0.2, 0.25) is 0 Å². The number of carbonyl (C=O) groups excluding carboxylic acids is 2. The third kappa shape index (κ3) is 6.16. The maximum atomic E-state index is 12.2. The molecule has 2 amide bonds. The SMILES string of the molecule is O=C(CSc1nnc(NC(=O)c2ccc(Br)cc2)s1)NCc1ccccc1. The van der Waals surface area contributed by atoms with Crippen LogP contribution in [0, 0.1) is 0 Å². The van der Waals surface area contributed by atoms with Crippen molar-refractivity contribution in [2.45, 2.75) is 10.9 Å². The van der Waals surface area contributed by atoms with Crippen LogP contribution >= 0.6 is 39.0 Å². The fourth-order valence-corrected chi connectivity index (χ4v) is 3.91. The molecule has 27 heavy (non-hydrogen) atoms. The number of nitrogens with one attached hydrogen (secondary N) is 2. The Balaban J connectivity index is 1.45. The monoisotopic (exact) mass is 462 g/mol. The summed E-state index contributed by atoms with van der Waals surface area (Å²) in [6.07, 6.45) is 0. The lowest BCUT2D eigenvalue weighted by atomic mass is 10.2. The Morgan fingerprint density at radius 1 is 1.04 bits per heavy atom. The van der Waals surface area contributed by atoms with Crippen LogP contribution in [-0.4, -0.2) is 27.8 Å². The predicted molar refractivity (Wildman–Crippen MR) is 111 cm³/mol. The van der Waals surface area contributed by atoms with Gasteiger partial charge in [0.1, 0.15) is 0 Å². The highest BCUT2D eigenvalue weighted by Gasteiger charge is 2.12. The first-order valence-corrected chi connectivity index (χ1v) is 10.5. The summed E-state index contributed by atoms with van der Waals surface area (Å²) < 4.78 is 1.52. The second-order valence-corrected chi connectivity index (χ2v) is 8.50. The van der Waals surface area contributed by atoms with Gasteiger partial charge in [0.2, 0.25) is 11.0 Å². The molecule has 0 atom stereocenters. The van der Waals surface area contributed by atoms with Crippen LogP contribution in [0.3, 0.4) is 0 Å². The van der Waals surface area contributed by atoms with Gasteiger partial charge >= 0.3 is 0 Å². The molecule has 0 unspecified atom stereocenters. The molecule has 0 aliphatic heterocycles. The maximum Gasteiger partial charge on any atom is 0.257 e. The molecule has 0 fully saturated rings. The molecule has 3 rings (SSSR count). The minimum Gasteiger partial charge on any atom is -0.351 e. The van der Waals surface area contributed by atoms with Gasteiger partial charge in [-0.2, -0.15) is 0 Å². The summed E-state index contributed by atoms with van der Waals surface area (Å²) in [7, 11) is 0. The van der Waals surface area contributed by atoms with Crippen molar-refractivity contribution in [2.75, 3.05) is 11.1 Å². The van der Waals surface area contributed by atoms with Crippen molar-refractivity contribution in [3.8, 4) is 0 Å². The minimum absolute atomic E-state index is 0.0838. The Morgan fingerprint density at radius 3 is 2.52 bits per heavy atom. The molecule has 2 N–H and O–H groups in total. The zero-order valence-electron chi connectivity index (χ0n) is 14.0. The van der Waals surface area contributed by atoms with Gasteiger partial charge in [-0.15, -0.1) is 10.2 Å². The van der Waals surface area contributed by atoms with Crippen molar-refractivity contribution in [1.29, 1.82) is 0 Å². The maximum absolute atomic E-state index is 12.2. The van der Waals surface area contributed by atoms with E-state index in [-0.39, 0.29) is 17.6 Å². The Labute approximate surface area is 172 Å². The van der Waals surface area contributed by atoms with Gasteiger partial charge in [0, 0.05) is 16.6 Å². The normalized spacial score (nSPS) is 10.4. The van der Waals surface area contributed by atoms with Crippen LogP contribution < -0.4 is 10.6 Å². The summed E-state index contributed by atoms with van der Waals surface area (Å²) in [6.45, 7) is 0.491. The van der Waals surface area contributed by atoms with Crippen LogP contribution in [0.5, 0.6) is 0 Å². The molecule has 1 heterocycles. The van der Waals surface area contributed by atoms with Crippen molar-refractivity contribution in [3.63, 3.8) is 0 Å². The van der Waals surface area contributed by atoms with Crippen molar-refractivity contribution in [2.24, 2.45) is 0 Å². The molecule has 138 valence electrons. The summed E-state index contributed by atoms with van der Waals surface area (Å²) in [5.41, 5.74) is 1.58. The second kappa shape index (κ2) is 9.63. The van der Waals surface area contributed by atoms with E-state index in [9.17, 15) is 9.59 Å². The molecule has 2 aromatic carbocycles. The van der Waals surface area contributed by atoms with Gasteiger partial charge in [0.05, 0.1) is 5.75 Å². The fraction of sp³-hybridized carbons (Fsp3) is 0.111. The smallest absolute Gasteiger partial charge is 0.257 e. The fourth-order valence-electron chi connectivity index (χ4n) is 2.06. The average molecular weight is 463 g/mol. The number of nitrogens with zero attached hydrogens (tertiary/aromatic N) is 2. The van der Waals surface area contributed by atoms with E-state index < -0.39 is 0 Å². The summed E-state index contributed by atoms with van der Waals surface area (Å²) in [4.78, 5) is 24.1. The first-order valence-electron chi connectivity index (χ1n) is 7.94. The standard InChI is InChI=1S/C18H15BrN4O2S2/c19-14-8-6-13(7-9-14)16(25)21-17-22-23-18(27-17)26-11-15(24)20-10-12-4-2-1-3-5-12/h1-9H,10-11H2,(H,20,24)(H,21,22,25). The van der Waals surface area contributed by atoms with Gasteiger partial charge in [-0.05, 0) is 29.8 Å². The van der Waals surface area contributed by atoms with Crippen molar-refractivity contribution in [3.05, 3.63) is 70.2 Å². The third-order valence-electron chi connectivity index (χ3n) is 3.39. The molecule has 9 heteroatoms. The number of thioether (sulfide) groups is 1. The average Bonchev–Trinajstić information content (AvgIpc) is 3.13. The number of benzene rings is 2. The highest BCUT2D eigenvalue weighted by atomic mass is 79.9. The second-order valence-electron chi connectivity index (χ2n) is 5.39. The topological polar surface area (TPSA) is 84.0 Å². The lowest BCUT2D eigenvalue weighted by Gasteiger charge is -2.03. The zero-order valence-corrected chi connectivity index (χ0v) is 17.2. The minimum atomic E-state index is -0.254. The number of halogens is 1. The number of hydrogen-bond donors (Lipinski definition) is 2. The Bertz CT molecular complexity index is 917. The Kier molecular flexibility index (Phi) is 6.97. The third-order valence-corrected chi connectivity index (χ3v) is 5.89. The largest absolute Gasteiger partial charge is 0.351 e. The lowest BCUT2D eigenvalue weighted by molar-refractivity contribution is -0.118. The molecule has 6 nitrogen and oxygen atoms in total. The van der Waals surface area contributed by atoms with Gasteiger partial charge < -0.3 is 5.32 Å². The molecule has 0 saturated carbocycles. The number of anilines is 1. The summed E-state index contributed by atoms with van der Waals surface area (Å²) in [5.74, 6) is -0.0995. The van der Waals surface area contributed by atoms with Gasteiger partial charge in [0.25, 0.3) is 5.91 Å². The molecule has 0 saturated heterocycles. The van der Waals surface area contributed by atoms with Crippen LogP contribution in [0.15, 0.2) is 63.4 Å². The number of aromatic nitrogens is 2. The number of carbonyl (C=O) groups is 2. The molecule has 0 spiro atoms. The molecule has 0 aliphatic carbocycles. The van der Waals surface area contributed by atoms with Crippen molar-refractivity contribution in [1.82, 2.24) is 15.5 Å². The van der Waals surface area contributed by atoms with E-state index >= 15 is 0 Å². The molecule has 0 bridgehead atoms. The molecule has 0 aliphatic rings. The number of rotatable bonds is 7. The van der Waals surface area contributed by atoms with E-state index in [2.05, 4.69) is 36.8 Å². The van der Waals surface area contributed by atoms with E-state index in [1.165, 1.54) is 23.1 Å². The Morgan fingerprint density at radius 2 is 1.78 bits per heavy atom. The van der Waals surface area contributed by atoms with E-state index in [1.807, 2.05) is 30.3 Å². The Hall–Kier alpha value is -2.23. The highest BCUT2D eigenvalue weighted by molar-refractivity contribution is 9.10. The highest BCUT2D eigenvalue weighted by Crippen LogP contribution is 2.25. The molecule has 1 aromatic heterocycles. The lowest BCUT2D eigenvalue weighted by Crippen LogP contribution is -2.24. The van der Waals surface area contributed by atoms with E-state index in [0.29, 0.717) is 21.6 Å².